The Kier molecular flexibility index (Phi) is 4.01. The third kappa shape index (κ3) is 2.91. The molecule has 0 aliphatic heterocycles. The maximum atomic E-state index is 4.59. The molecule has 0 fully saturated rings. The normalized spacial score (nSPS) is 10.7. The lowest BCUT2D eigenvalue weighted by Gasteiger charge is -2.24. The Labute approximate surface area is 149 Å². The molecular weight excluding hydrogens is 360 g/mol. The van der Waals surface area contributed by atoms with Crippen LogP contribution in [0.2, 0.25) is 0 Å². The zero-order valence-electron chi connectivity index (χ0n) is 12.9. The Balaban J connectivity index is 1.89. The second-order valence-electron chi connectivity index (χ2n) is 5.54. The topological polar surface area (TPSA) is 16.1 Å². The minimum absolute atomic E-state index is 0.889. The summed E-state index contributed by atoms with van der Waals surface area (Å²) in [7, 11) is 0. The summed E-state index contributed by atoms with van der Waals surface area (Å²) in [6.07, 6.45) is 1.83. The first-order chi connectivity index (χ1) is 11.8. The molecule has 0 aliphatic carbocycles. The summed E-state index contributed by atoms with van der Waals surface area (Å²) in [5.41, 5.74) is 2.18. The van der Waals surface area contributed by atoms with Crippen molar-refractivity contribution >= 4 is 43.9 Å². The molecule has 0 N–H and O–H groups in total. The molecule has 116 valence electrons. The van der Waals surface area contributed by atoms with Crippen LogP contribution >= 0.6 is 15.9 Å². The van der Waals surface area contributed by atoms with Gasteiger partial charge in [-0.25, -0.2) is 4.98 Å². The Morgan fingerprint density at radius 3 is 2.17 bits per heavy atom. The van der Waals surface area contributed by atoms with Gasteiger partial charge in [-0.1, -0.05) is 48.5 Å². The maximum Gasteiger partial charge on any atom is 0.137 e. The van der Waals surface area contributed by atoms with Gasteiger partial charge in [0.2, 0.25) is 0 Å². The Hall–Kier alpha value is -2.65. The van der Waals surface area contributed by atoms with E-state index in [2.05, 4.69) is 80.4 Å². The minimum atomic E-state index is 0.889. The Morgan fingerprint density at radius 2 is 1.42 bits per heavy atom. The van der Waals surface area contributed by atoms with Gasteiger partial charge in [-0.05, 0) is 63.1 Å². The highest BCUT2D eigenvalue weighted by Crippen LogP contribution is 2.34. The monoisotopic (exact) mass is 374 g/mol. The summed E-state index contributed by atoms with van der Waals surface area (Å²) in [5, 5.41) is 2.45. The number of anilines is 3. The molecule has 0 saturated heterocycles. The average Bonchev–Trinajstić information content (AvgIpc) is 2.64. The van der Waals surface area contributed by atoms with Gasteiger partial charge in [-0.15, -0.1) is 0 Å². The van der Waals surface area contributed by atoms with E-state index < -0.39 is 0 Å². The minimum Gasteiger partial charge on any atom is -0.295 e. The van der Waals surface area contributed by atoms with E-state index in [0.29, 0.717) is 0 Å². The van der Waals surface area contributed by atoms with E-state index in [-0.39, 0.29) is 0 Å². The summed E-state index contributed by atoms with van der Waals surface area (Å²) < 4.78 is 0.970. The first-order valence-electron chi connectivity index (χ1n) is 7.77. The number of para-hydroxylation sites is 1. The molecule has 3 aromatic carbocycles. The van der Waals surface area contributed by atoms with Gasteiger partial charge < -0.3 is 0 Å². The van der Waals surface area contributed by atoms with Crippen molar-refractivity contribution < 1.29 is 0 Å². The highest BCUT2D eigenvalue weighted by atomic mass is 79.9. The molecule has 1 aromatic heterocycles. The number of hydrogen-bond donors (Lipinski definition) is 0. The van der Waals surface area contributed by atoms with Crippen molar-refractivity contribution in [3.63, 3.8) is 0 Å². The lowest BCUT2D eigenvalue weighted by molar-refractivity contribution is 1.18. The van der Waals surface area contributed by atoms with E-state index in [4.69, 9.17) is 0 Å². The highest BCUT2D eigenvalue weighted by Gasteiger charge is 2.13. The lowest BCUT2D eigenvalue weighted by Crippen LogP contribution is -2.11. The molecule has 0 atom stereocenters. The molecule has 0 spiro atoms. The standard InChI is InChI=1S/C21H15BrN2/c22-18-11-13-21(23-15-18)24(19-8-2-1-3-9-19)20-12-10-16-6-4-5-7-17(16)14-20/h1-15H. The number of fused-ring (bicyclic) bond motifs is 1. The van der Waals surface area contributed by atoms with E-state index in [0.717, 1.165) is 21.7 Å². The number of nitrogens with zero attached hydrogens (tertiary/aromatic N) is 2. The maximum absolute atomic E-state index is 4.59. The number of rotatable bonds is 3. The molecule has 1 heterocycles. The molecule has 0 unspecified atom stereocenters. The molecule has 2 nitrogen and oxygen atoms in total. The molecule has 0 aliphatic rings. The van der Waals surface area contributed by atoms with Gasteiger partial charge in [0.15, 0.2) is 0 Å². The Bertz CT molecular complexity index is 966. The fourth-order valence-corrected chi connectivity index (χ4v) is 3.04. The zero-order chi connectivity index (χ0) is 16.4. The SMILES string of the molecule is Brc1ccc(N(c2ccccc2)c2ccc3ccccc3c2)nc1. The molecule has 4 rings (SSSR count). The zero-order valence-corrected chi connectivity index (χ0v) is 14.5. The van der Waals surface area contributed by atoms with Gasteiger partial charge in [0, 0.05) is 22.0 Å². The summed E-state index contributed by atoms with van der Waals surface area (Å²) in [6.45, 7) is 0. The van der Waals surface area contributed by atoms with Crippen molar-refractivity contribution in [1.29, 1.82) is 0 Å². The van der Waals surface area contributed by atoms with E-state index in [1.807, 2.05) is 36.5 Å². The molecule has 24 heavy (non-hydrogen) atoms. The van der Waals surface area contributed by atoms with Crippen LogP contribution in [0.25, 0.3) is 10.8 Å². The smallest absolute Gasteiger partial charge is 0.137 e. The van der Waals surface area contributed by atoms with Gasteiger partial charge in [-0.3, -0.25) is 4.90 Å². The first-order valence-corrected chi connectivity index (χ1v) is 8.56. The third-order valence-corrected chi connectivity index (χ3v) is 4.42. The second-order valence-corrected chi connectivity index (χ2v) is 6.45. The van der Waals surface area contributed by atoms with Crippen LogP contribution in [0.1, 0.15) is 0 Å². The first kappa shape index (κ1) is 14.9. The second kappa shape index (κ2) is 6.46. The molecule has 4 aromatic rings. The fraction of sp³-hybridized carbons (Fsp3) is 0. The van der Waals surface area contributed by atoms with Crippen LogP contribution in [0, 0.1) is 0 Å². The van der Waals surface area contributed by atoms with Crippen molar-refractivity contribution in [2.24, 2.45) is 0 Å². The van der Waals surface area contributed by atoms with Crippen LogP contribution in [-0.4, -0.2) is 4.98 Å². The Morgan fingerprint density at radius 1 is 0.667 bits per heavy atom. The van der Waals surface area contributed by atoms with E-state index >= 15 is 0 Å². The van der Waals surface area contributed by atoms with Crippen molar-refractivity contribution in [1.82, 2.24) is 4.98 Å². The summed E-state index contributed by atoms with van der Waals surface area (Å²) in [5.74, 6) is 0.889. The number of pyridine rings is 1. The van der Waals surface area contributed by atoms with Gasteiger partial charge in [0.05, 0.1) is 0 Å². The average molecular weight is 375 g/mol. The van der Waals surface area contributed by atoms with Crippen molar-refractivity contribution in [2.75, 3.05) is 4.90 Å². The van der Waals surface area contributed by atoms with Gasteiger partial charge in [0.1, 0.15) is 5.82 Å². The molecule has 0 bridgehead atoms. The summed E-state index contributed by atoms with van der Waals surface area (Å²) >= 11 is 3.46. The number of hydrogen-bond acceptors (Lipinski definition) is 2. The molecule has 0 radical (unpaired) electrons. The van der Waals surface area contributed by atoms with Gasteiger partial charge >= 0.3 is 0 Å². The van der Waals surface area contributed by atoms with E-state index in [1.54, 1.807) is 0 Å². The van der Waals surface area contributed by atoms with Gasteiger partial charge in [0.25, 0.3) is 0 Å². The summed E-state index contributed by atoms with van der Waals surface area (Å²) in [4.78, 5) is 6.76. The number of aromatic nitrogens is 1. The van der Waals surface area contributed by atoms with Crippen LogP contribution in [-0.2, 0) is 0 Å². The van der Waals surface area contributed by atoms with Gasteiger partial charge in [-0.2, -0.15) is 0 Å². The van der Waals surface area contributed by atoms with Crippen molar-refractivity contribution in [3.05, 3.63) is 95.6 Å². The lowest BCUT2D eigenvalue weighted by atomic mass is 10.1. The van der Waals surface area contributed by atoms with Crippen molar-refractivity contribution in [2.45, 2.75) is 0 Å². The van der Waals surface area contributed by atoms with Crippen molar-refractivity contribution in [3.8, 4) is 0 Å². The fourth-order valence-electron chi connectivity index (χ4n) is 2.81. The predicted molar refractivity (Wildman–Crippen MR) is 104 cm³/mol. The molecule has 0 saturated carbocycles. The van der Waals surface area contributed by atoms with E-state index in [9.17, 15) is 0 Å². The molecule has 0 amide bonds. The van der Waals surface area contributed by atoms with Crippen LogP contribution in [0.3, 0.4) is 0 Å². The number of benzene rings is 3. The predicted octanol–water partition coefficient (Wildman–Crippen LogP) is 6.47. The summed E-state index contributed by atoms with van der Waals surface area (Å²) in [6, 6.07) is 29.2. The quantitative estimate of drug-likeness (QED) is 0.408. The van der Waals surface area contributed by atoms with E-state index in [1.165, 1.54) is 10.8 Å². The van der Waals surface area contributed by atoms with Crippen LogP contribution in [0.4, 0.5) is 17.2 Å². The third-order valence-electron chi connectivity index (χ3n) is 3.95. The van der Waals surface area contributed by atoms with Crippen LogP contribution < -0.4 is 4.90 Å². The largest absolute Gasteiger partial charge is 0.295 e. The highest BCUT2D eigenvalue weighted by molar-refractivity contribution is 9.10. The number of halogens is 1. The molecule has 3 heteroatoms. The molecular formula is C21H15BrN2. The van der Waals surface area contributed by atoms with Crippen LogP contribution in [0.5, 0.6) is 0 Å². The van der Waals surface area contributed by atoms with Crippen LogP contribution in [0.15, 0.2) is 95.6 Å².